The van der Waals surface area contributed by atoms with Gasteiger partial charge in [-0.15, -0.1) is 17.0 Å². The van der Waals surface area contributed by atoms with Crippen LogP contribution in [0.15, 0.2) is 34.2 Å². The summed E-state index contributed by atoms with van der Waals surface area (Å²) in [5.41, 5.74) is 2.51. The van der Waals surface area contributed by atoms with Crippen molar-refractivity contribution in [3.05, 3.63) is 40.3 Å². The fraction of sp³-hybridized carbons (Fsp3) is 0.500. The molecule has 2 heterocycles. The van der Waals surface area contributed by atoms with Crippen LogP contribution in [-0.2, 0) is 10.2 Å². The third-order valence-corrected chi connectivity index (χ3v) is 5.60. The number of thioether (sulfide) groups is 1. The monoisotopic (exact) mass is 422 g/mol. The zero-order valence-electron chi connectivity index (χ0n) is 15.2. The van der Waals surface area contributed by atoms with E-state index in [1.807, 2.05) is 6.08 Å². The van der Waals surface area contributed by atoms with E-state index in [1.165, 1.54) is 43.0 Å². The van der Waals surface area contributed by atoms with E-state index in [0.29, 0.717) is 0 Å². The molecule has 0 saturated carbocycles. The van der Waals surface area contributed by atoms with Crippen molar-refractivity contribution in [3.63, 3.8) is 0 Å². The maximum Gasteiger partial charge on any atom is 0.286 e. The van der Waals surface area contributed by atoms with Crippen molar-refractivity contribution < 1.29 is 4.79 Å². The summed E-state index contributed by atoms with van der Waals surface area (Å²) in [4.78, 5) is 19.5. The number of aliphatic imine (C=N–C) groups is 1. The average Bonchev–Trinajstić information content (AvgIpc) is 2.76. The molecule has 2 aliphatic rings. The van der Waals surface area contributed by atoms with Crippen LogP contribution >= 0.6 is 28.7 Å². The summed E-state index contributed by atoms with van der Waals surface area (Å²) in [6.45, 7) is 8.66. The number of rotatable bonds is 1. The maximum atomic E-state index is 12.2. The third kappa shape index (κ3) is 5.20. The molecule has 1 amide bonds. The number of carbonyl (C=O) groups is 1. The molecule has 5 heteroatoms. The number of amides is 1. The van der Waals surface area contributed by atoms with Gasteiger partial charge in [-0.05, 0) is 47.2 Å². The number of amidine groups is 1. The van der Waals surface area contributed by atoms with Crippen LogP contribution in [0.5, 0.6) is 0 Å². The number of carbonyl (C=O) groups excluding carboxylic acids is 1. The quantitative estimate of drug-likeness (QED) is 0.567. The van der Waals surface area contributed by atoms with Crippen LogP contribution in [0.25, 0.3) is 6.08 Å². The minimum atomic E-state index is -0.0980. The molecule has 0 aromatic heterocycles. The fourth-order valence-corrected chi connectivity index (χ4v) is 3.99. The molecule has 1 aromatic rings. The van der Waals surface area contributed by atoms with Crippen LogP contribution in [0.3, 0.4) is 0 Å². The lowest BCUT2D eigenvalue weighted by atomic mass is 9.87. The summed E-state index contributed by atoms with van der Waals surface area (Å²) in [5, 5.41) is 0.888. The number of nitrogens with zero attached hydrogens (tertiary/aromatic N) is 2. The Morgan fingerprint density at radius 2 is 1.64 bits per heavy atom. The molecule has 0 radical (unpaired) electrons. The molecule has 2 aliphatic heterocycles. The predicted molar refractivity (Wildman–Crippen MR) is 114 cm³/mol. The van der Waals surface area contributed by atoms with Crippen molar-refractivity contribution in [1.82, 2.24) is 4.90 Å². The first-order valence-corrected chi connectivity index (χ1v) is 9.63. The summed E-state index contributed by atoms with van der Waals surface area (Å²) in [5.74, 6) is -0.0980. The van der Waals surface area contributed by atoms with Crippen molar-refractivity contribution in [1.29, 1.82) is 0 Å². The molecular weight excluding hydrogens is 396 g/mol. The first kappa shape index (κ1) is 20.2. The van der Waals surface area contributed by atoms with Gasteiger partial charge in [0, 0.05) is 13.1 Å². The zero-order valence-corrected chi connectivity index (χ0v) is 17.8. The summed E-state index contributed by atoms with van der Waals surface area (Å²) in [6.07, 6.45) is 6.92. The van der Waals surface area contributed by atoms with Crippen molar-refractivity contribution in [3.8, 4) is 0 Å². The summed E-state index contributed by atoms with van der Waals surface area (Å²) in [7, 11) is 0. The van der Waals surface area contributed by atoms with Gasteiger partial charge in [-0.1, -0.05) is 57.9 Å². The highest BCUT2D eigenvalue weighted by Crippen LogP contribution is 2.31. The Morgan fingerprint density at radius 1 is 1.04 bits per heavy atom. The largest absolute Gasteiger partial charge is 0.351 e. The van der Waals surface area contributed by atoms with Gasteiger partial charge in [0.2, 0.25) is 0 Å². The molecule has 0 atom stereocenters. The molecule has 0 aliphatic carbocycles. The Balaban J connectivity index is 0.00000225. The van der Waals surface area contributed by atoms with Gasteiger partial charge in [0.05, 0.1) is 4.91 Å². The minimum absolute atomic E-state index is 0. The van der Waals surface area contributed by atoms with Gasteiger partial charge < -0.3 is 4.90 Å². The van der Waals surface area contributed by atoms with E-state index >= 15 is 0 Å². The smallest absolute Gasteiger partial charge is 0.286 e. The molecule has 1 fully saturated rings. The Labute approximate surface area is 165 Å². The van der Waals surface area contributed by atoms with Crippen LogP contribution < -0.4 is 0 Å². The first-order chi connectivity index (χ1) is 11.4. The predicted octanol–water partition coefficient (Wildman–Crippen LogP) is 5.41. The lowest BCUT2D eigenvalue weighted by molar-refractivity contribution is -0.113. The number of likely N-dealkylation sites (tertiary alicyclic amines) is 1. The highest BCUT2D eigenvalue weighted by Gasteiger charge is 2.26. The molecule has 0 bridgehead atoms. The van der Waals surface area contributed by atoms with Gasteiger partial charge in [0.15, 0.2) is 5.17 Å². The molecule has 0 N–H and O–H groups in total. The minimum Gasteiger partial charge on any atom is -0.351 e. The Hall–Kier alpha value is -1.07. The van der Waals surface area contributed by atoms with Crippen molar-refractivity contribution in [2.24, 2.45) is 4.99 Å². The van der Waals surface area contributed by atoms with Crippen molar-refractivity contribution in [2.75, 3.05) is 13.1 Å². The highest BCUT2D eigenvalue weighted by atomic mass is 79.9. The zero-order chi connectivity index (χ0) is 17.2. The van der Waals surface area contributed by atoms with Crippen LogP contribution in [-0.4, -0.2) is 29.1 Å². The number of hydrogen-bond acceptors (Lipinski definition) is 3. The molecule has 0 spiro atoms. The first-order valence-electron chi connectivity index (χ1n) is 8.81. The lowest BCUT2D eigenvalue weighted by Crippen LogP contribution is -2.28. The Bertz CT molecular complexity index is 666. The molecular formula is C20H27BrN2OS. The van der Waals surface area contributed by atoms with E-state index in [9.17, 15) is 4.79 Å². The van der Waals surface area contributed by atoms with E-state index in [-0.39, 0.29) is 28.3 Å². The second-order valence-corrected chi connectivity index (χ2v) is 8.59. The highest BCUT2D eigenvalue weighted by molar-refractivity contribution is 8.93. The summed E-state index contributed by atoms with van der Waals surface area (Å²) in [6, 6.07) is 8.47. The SMILES string of the molecule is Br.CC(C)(C)c1ccc(/C=C2\SC(N3CCCCCC3)=NC2=O)cc1. The fourth-order valence-electron chi connectivity index (χ4n) is 3.03. The molecule has 3 rings (SSSR count). The molecule has 1 saturated heterocycles. The number of benzene rings is 1. The standard InChI is InChI=1S/C20H26N2OS.BrH/c1-20(2,3)16-10-8-15(9-11-16)14-17-18(23)21-19(24-17)22-12-6-4-5-7-13-22;/h8-11,14H,4-7,12-13H2,1-3H3;1H/b17-14-;. The molecule has 1 aromatic carbocycles. The Kier molecular flexibility index (Phi) is 6.92. The summed E-state index contributed by atoms with van der Waals surface area (Å²) < 4.78 is 0. The van der Waals surface area contributed by atoms with E-state index in [1.54, 1.807) is 0 Å². The number of halogens is 1. The van der Waals surface area contributed by atoms with E-state index < -0.39 is 0 Å². The molecule has 136 valence electrons. The van der Waals surface area contributed by atoms with Gasteiger partial charge in [0.1, 0.15) is 0 Å². The lowest BCUT2D eigenvalue weighted by Gasteiger charge is -2.20. The van der Waals surface area contributed by atoms with Crippen LogP contribution in [0.4, 0.5) is 0 Å². The second-order valence-electron chi connectivity index (χ2n) is 7.58. The average molecular weight is 423 g/mol. The van der Waals surface area contributed by atoms with Gasteiger partial charge in [0.25, 0.3) is 5.91 Å². The Morgan fingerprint density at radius 3 is 2.20 bits per heavy atom. The maximum absolute atomic E-state index is 12.2. The van der Waals surface area contributed by atoms with Gasteiger partial charge in [-0.3, -0.25) is 4.79 Å². The van der Waals surface area contributed by atoms with Gasteiger partial charge >= 0.3 is 0 Å². The van der Waals surface area contributed by atoms with Crippen LogP contribution in [0, 0.1) is 0 Å². The second kappa shape index (κ2) is 8.54. The third-order valence-electron chi connectivity index (χ3n) is 4.56. The van der Waals surface area contributed by atoms with E-state index in [4.69, 9.17) is 0 Å². The topological polar surface area (TPSA) is 32.7 Å². The van der Waals surface area contributed by atoms with Crippen LogP contribution in [0.2, 0.25) is 0 Å². The van der Waals surface area contributed by atoms with Crippen LogP contribution in [0.1, 0.15) is 57.6 Å². The molecule has 3 nitrogen and oxygen atoms in total. The molecule has 25 heavy (non-hydrogen) atoms. The van der Waals surface area contributed by atoms with Gasteiger partial charge in [-0.2, -0.15) is 4.99 Å². The molecule has 0 unspecified atom stereocenters. The van der Waals surface area contributed by atoms with E-state index in [0.717, 1.165) is 28.7 Å². The number of hydrogen-bond donors (Lipinski definition) is 0. The van der Waals surface area contributed by atoms with Gasteiger partial charge in [-0.25, -0.2) is 0 Å². The summed E-state index contributed by atoms with van der Waals surface area (Å²) >= 11 is 1.53. The van der Waals surface area contributed by atoms with Crippen molar-refractivity contribution >= 4 is 45.9 Å². The van der Waals surface area contributed by atoms with E-state index in [2.05, 4.69) is 54.9 Å². The van der Waals surface area contributed by atoms with Crippen molar-refractivity contribution in [2.45, 2.75) is 51.9 Å². The normalized spacial score (nSPS) is 20.3.